The van der Waals surface area contributed by atoms with E-state index in [2.05, 4.69) is 17.5 Å². The fourth-order valence-corrected chi connectivity index (χ4v) is 4.00. The first kappa shape index (κ1) is 18.0. The van der Waals surface area contributed by atoms with Crippen LogP contribution in [0.4, 0.5) is 0 Å². The number of carbonyl (C=O) groups excluding carboxylic acids is 1. The standard InChI is InChI=1S/C15H19NO2.C6H6S/c17-14-6-4-11(5-7-14)15(18)10-16-8-12-2-1-3-13(12)9-16;7-6-4-2-1-3-5-6/h4-7,12-13,17H,1-3,8-10H2;1-5,7H. The van der Waals surface area contributed by atoms with Gasteiger partial charge in [0.2, 0.25) is 0 Å². The second kappa shape index (κ2) is 8.54. The van der Waals surface area contributed by atoms with Gasteiger partial charge in [0, 0.05) is 23.5 Å². The minimum Gasteiger partial charge on any atom is -0.508 e. The second-order valence-corrected chi connectivity index (χ2v) is 7.47. The van der Waals surface area contributed by atoms with E-state index in [1.807, 2.05) is 30.3 Å². The lowest BCUT2D eigenvalue weighted by molar-refractivity contribution is 0.0941. The molecule has 0 amide bonds. The minimum absolute atomic E-state index is 0.162. The Morgan fingerprint density at radius 1 is 1.00 bits per heavy atom. The topological polar surface area (TPSA) is 40.5 Å². The average molecular weight is 356 g/mol. The number of carbonyl (C=O) groups is 1. The van der Waals surface area contributed by atoms with Crippen LogP contribution in [0.1, 0.15) is 29.6 Å². The van der Waals surface area contributed by atoms with Crippen LogP contribution in [0.2, 0.25) is 0 Å². The highest BCUT2D eigenvalue weighted by Gasteiger charge is 2.36. The van der Waals surface area contributed by atoms with Gasteiger partial charge in [0.05, 0.1) is 6.54 Å². The van der Waals surface area contributed by atoms with Crippen LogP contribution in [0.3, 0.4) is 0 Å². The maximum Gasteiger partial charge on any atom is 0.176 e. The summed E-state index contributed by atoms with van der Waals surface area (Å²) in [5.41, 5.74) is 0.699. The van der Waals surface area contributed by atoms with Crippen molar-refractivity contribution in [2.75, 3.05) is 19.6 Å². The summed E-state index contributed by atoms with van der Waals surface area (Å²) in [6.45, 7) is 2.71. The lowest BCUT2D eigenvalue weighted by Crippen LogP contribution is -2.28. The minimum atomic E-state index is 0.162. The van der Waals surface area contributed by atoms with Gasteiger partial charge in [0.1, 0.15) is 5.75 Å². The molecule has 2 fully saturated rings. The molecular formula is C21H25NO2S. The molecule has 132 valence electrons. The van der Waals surface area contributed by atoms with Gasteiger partial charge in [0.25, 0.3) is 0 Å². The molecule has 4 rings (SSSR count). The lowest BCUT2D eigenvalue weighted by atomic mass is 10.0. The summed E-state index contributed by atoms with van der Waals surface area (Å²) in [4.78, 5) is 15.4. The molecule has 2 aromatic carbocycles. The largest absolute Gasteiger partial charge is 0.508 e. The molecule has 1 heterocycles. The van der Waals surface area contributed by atoms with E-state index in [1.165, 1.54) is 19.3 Å². The van der Waals surface area contributed by atoms with Gasteiger partial charge < -0.3 is 5.11 Å². The molecule has 0 radical (unpaired) electrons. The molecule has 1 aliphatic carbocycles. The number of hydrogen-bond acceptors (Lipinski definition) is 4. The van der Waals surface area contributed by atoms with Gasteiger partial charge in [-0.3, -0.25) is 9.69 Å². The van der Waals surface area contributed by atoms with Gasteiger partial charge in [0.15, 0.2) is 5.78 Å². The molecule has 1 N–H and O–H groups in total. The Labute approximate surface area is 155 Å². The number of rotatable bonds is 3. The summed E-state index contributed by atoms with van der Waals surface area (Å²) in [7, 11) is 0. The molecule has 25 heavy (non-hydrogen) atoms. The number of aromatic hydroxyl groups is 1. The van der Waals surface area contributed by atoms with Gasteiger partial charge in [-0.15, -0.1) is 12.6 Å². The number of phenols is 1. The Morgan fingerprint density at radius 2 is 1.60 bits per heavy atom. The van der Waals surface area contributed by atoms with Crippen molar-refractivity contribution in [3.05, 3.63) is 60.2 Å². The van der Waals surface area contributed by atoms with Crippen molar-refractivity contribution in [3.8, 4) is 5.75 Å². The van der Waals surface area contributed by atoms with Crippen LogP contribution in [0.25, 0.3) is 0 Å². The number of likely N-dealkylation sites (tertiary alicyclic amines) is 1. The first-order chi connectivity index (χ1) is 12.1. The van der Waals surface area contributed by atoms with E-state index < -0.39 is 0 Å². The zero-order valence-corrected chi connectivity index (χ0v) is 15.2. The fourth-order valence-electron chi connectivity index (χ4n) is 3.83. The Kier molecular flexibility index (Phi) is 6.16. The summed E-state index contributed by atoms with van der Waals surface area (Å²) in [6.07, 6.45) is 4.05. The number of Topliss-reactive ketones (excluding diaryl/α,β-unsaturated/α-hetero) is 1. The quantitative estimate of drug-likeness (QED) is 0.638. The second-order valence-electron chi connectivity index (χ2n) is 6.95. The molecule has 1 aliphatic heterocycles. The Morgan fingerprint density at radius 3 is 2.12 bits per heavy atom. The molecule has 0 spiro atoms. The van der Waals surface area contributed by atoms with Crippen LogP contribution in [0.5, 0.6) is 5.75 Å². The molecule has 2 atom stereocenters. The van der Waals surface area contributed by atoms with Crippen LogP contribution in [0.15, 0.2) is 59.5 Å². The first-order valence-electron chi connectivity index (χ1n) is 8.90. The van der Waals surface area contributed by atoms with Crippen LogP contribution in [-0.2, 0) is 0 Å². The molecule has 2 aliphatic rings. The molecule has 1 saturated heterocycles. The third kappa shape index (κ3) is 5.10. The SMILES string of the molecule is O=C(CN1CC2CCCC2C1)c1ccc(O)cc1.Sc1ccccc1. The number of benzene rings is 2. The van der Waals surface area contributed by atoms with Crippen molar-refractivity contribution in [1.29, 1.82) is 0 Å². The van der Waals surface area contributed by atoms with Crippen LogP contribution in [-0.4, -0.2) is 35.4 Å². The highest BCUT2D eigenvalue weighted by molar-refractivity contribution is 7.80. The van der Waals surface area contributed by atoms with Crippen molar-refractivity contribution in [2.24, 2.45) is 11.8 Å². The first-order valence-corrected chi connectivity index (χ1v) is 9.35. The van der Waals surface area contributed by atoms with Crippen LogP contribution >= 0.6 is 12.6 Å². The zero-order valence-electron chi connectivity index (χ0n) is 14.3. The van der Waals surface area contributed by atoms with E-state index in [4.69, 9.17) is 0 Å². The number of thiol groups is 1. The summed E-state index contributed by atoms with van der Waals surface area (Å²) in [5, 5.41) is 9.21. The van der Waals surface area contributed by atoms with E-state index >= 15 is 0 Å². The van der Waals surface area contributed by atoms with Gasteiger partial charge in [-0.2, -0.15) is 0 Å². The van der Waals surface area contributed by atoms with Crippen molar-refractivity contribution >= 4 is 18.4 Å². The van der Waals surface area contributed by atoms with Crippen molar-refractivity contribution < 1.29 is 9.90 Å². The van der Waals surface area contributed by atoms with E-state index in [-0.39, 0.29) is 11.5 Å². The van der Waals surface area contributed by atoms with E-state index in [9.17, 15) is 9.90 Å². The number of nitrogens with zero attached hydrogens (tertiary/aromatic N) is 1. The predicted molar refractivity (Wildman–Crippen MR) is 103 cm³/mol. The Balaban J connectivity index is 0.000000219. The third-order valence-electron chi connectivity index (χ3n) is 5.11. The molecule has 2 aromatic rings. The molecule has 4 heteroatoms. The number of fused-ring (bicyclic) bond motifs is 1. The molecular weight excluding hydrogens is 330 g/mol. The Hall–Kier alpha value is -1.78. The summed E-state index contributed by atoms with van der Waals surface area (Å²) >= 11 is 4.08. The number of ketones is 1. The Bertz CT molecular complexity index is 675. The van der Waals surface area contributed by atoms with E-state index in [1.54, 1.807) is 24.3 Å². The molecule has 1 saturated carbocycles. The summed E-state index contributed by atoms with van der Waals surface area (Å²) in [5.74, 6) is 2.03. The average Bonchev–Trinajstić information content (AvgIpc) is 3.18. The zero-order chi connectivity index (χ0) is 17.6. The van der Waals surface area contributed by atoms with Crippen LogP contribution in [0, 0.1) is 11.8 Å². The lowest BCUT2D eigenvalue weighted by Gasteiger charge is -2.15. The van der Waals surface area contributed by atoms with Crippen LogP contribution < -0.4 is 0 Å². The highest BCUT2D eigenvalue weighted by Crippen LogP contribution is 2.37. The van der Waals surface area contributed by atoms with Crippen molar-refractivity contribution in [1.82, 2.24) is 4.90 Å². The molecule has 0 bridgehead atoms. The van der Waals surface area contributed by atoms with Gasteiger partial charge in [-0.1, -0.05) is 24.6 Å². The number of hydrogen-bond donors (Lipinski definition) is 2. The highest BCUT2D eigenvalue weighted by atomic mass is 32.1. The third-order valence-corrected chi connectivity index (χ3v) is 5.41. The molecule has 2 unspecified atom stereocenters. The van der Waals surface area contributed by atoms with Gasteiger partial charge in [-0.05, 0) is 61.1 Å². The maximum absolute atomic E-state index is 12.1. The van der Waals surface area contributed by atoms with Gasteiger partial charge in [-0.25, -0.2) is 0 Å². The molecule has 3 nitrogen and oxygen atoms in total. The van der Waals surface area contributed by atoms with E-state index in [0.717, 1.165) is 29.8 Å². The van der Waals surface area contributed by atoms with Crippen molar-refractivity contribution in [3.63, 3.8) is 0 Å². The number of phenolic OH excluding ortho intramolecular Hbond substituents is 1. The normalized spacial score (nSPS) is 22.1. The molecule has 0 aromatic heterocycles. The summed E-state index contributed by atoms with van der Waals surface area (Å²) in [6, 6.07) is 16.3. The maximum atomic E-state index is 12.1. The summed E-state index contributed by atoms with van der Waals surface area (Å²) < 4.78 is 0. The smallest absolute Gasteiger partial charge is 0.176 e. The van der Waals surface area contributed by atoms with E-state index in [0.29, 0.717) is 12.1 Å². The monoisotopic (exact) mass is 355 g/mol. The fraction of sp³-hybridized carbons (Fsp3) is 0.381. The predicted octanol–water partition coefficient (Wildman–Crippen LogP) is 4.28. The van der Waals surface area contributed by atoms with Gasteiger partial charge >= 0.3 is 0 Å². The van der Waals surface area contributed by atoms with Crippen molar-refractivity contribution in [2.45, 2.75) is 24.2 Å².